The molecule has 38 heavy (non-hydrogen) atoms. The second-order valence-corrected chi connectivity index (χ2v) is 8.63. The van der Waals surface area contributed by atoms with Gasteiger partial charge in [-0.05, 0) is 50.6 Å². The van der Waals surface area contributed by atoms with E-state index in [1.165, 1.54) is 12.8 Å². The van der Waals surface area contributed by atoms with E-state index >= 15 is 0 Å². The number of nitrogens with two attached hydrogens (primary N) is 1. The van der Waals surface area contributed by atoms with E-state index in [9.17, 15) is 4.79 Å². The van der Waals surface area contributed by atoms with E-state index < -0.39 is 0 Å². The summed E-state index contributed by atoms with van der Waals surface area (Å²) < 4.78 is 5.68. The van der Waals surface area contributed by atoms with Gasteiger partial charge in [0.15, 0.2) is 5.78 Å². The maximum absolute atomic E-state index is 11.3. The Morgan fingerprint density at radius 1 is 0.816 bits per heavy atom. The van der Waals surface area contributed by atoms with E-state index in [0.717, 1.165) is 29.7 Å². The lowest BCUT2D eigenvalue weighted by atomic mass is 10.1. The fourth-order valence-electron chi connectivity index (χ4n) is 3.60. The number of para-hydroxylation sites is 1. The van der Waals surface area contributed by atoms with Crippen molar-refractivity contribution in [2.75, 3.05) is 19.1 Å². The lowest BCUT2D eigenvalue weighted by molar-refractivity contribution is 0.101. The fourth-order valence-corrected chi connectivity index (χ4v) is 3.60. The number of carbonyl (C=O) groups is 1. The fraction of sp³-hybridized carbons (Fsp3) is 0.290. The van der Waals surface area contributed by atoms with Crippen molar-refractivity contribution >= 4 is 17.2 Å². The highest BCUT2D eigenvalue weighted by atomic mass is 16.4. The number of nitrogens with zero attached hydrogens (tertiary/aromatic N) is 4. The van der Waals surface area contributed by atoms with Gasteiger partial charge >= 0.3 is 0 Å². The zero-order valence-electron chi connectivity index (χ0n) is 23.1. The molecule has 0 spiro atoms. The molecule has 2 N–H and O–H groups in total. The summed E-state index contributed by atoms with van der Waals surface area (Å²) in [6.45, 7) is 5.80. The molecule has 0 atom stereocenters. The van der Waals surface area contributed by atoms with Crippen LogP contribution in [0.1, 0.15) is 66.9 Å². The molecule has 7 heteroatoms. The topological polar surface area (TPSA) is 97.6 Å². The second kappa shape index (κ2) is 16.6. The molecule has 0 aliphatic heterocycles. The number of hydrogen-bond donors (Lipinski definition) is 1. The number of aromatic nitrogens is 2. The van der Waals surface area contributed by atoms with Gasteiger partial charge in [-0.2, -0.15) is 5.10 Å². The first-order valence-electron chi connectivity index (χ1n) is 12.8. The first-order valence-corrected chi connectivity index (χ1v) is 12.8. The summed E-state index contributed by atoms with van der Waals surface area (Å²) in [5, 5.41) is 14.6. The number of carbonyl (C=O) groups excluding carboxylic acids is 1. The van der Waals surface area contributed by atoms with Crippen LogP contribution in [0.5, 0.6) is 0 Å². The van der Waals surface area contributed by atoms with Gasteiger partial charge in [0.05, 0.1) is 18.5 Å². The average molecular weight is 514 g/mol. The Labute approximate surface area is 226 Å². The standard InChI is InChI=1S/C18H16N2O2.C12H18N2.CH5N/c1-13(21)16-9-7-15(8-10-16)12-18-20-19-17(22-18)11-14-5-3-2-4-6-14;1-4-8-11(2)13-14(3)12-9-6-5-7-10-12;1-2/h2-10H,11-12H2,1H3;5-7,9-10H,4,8H2,1-3H3;2H2,1H3/b;13-11+;. The predicted molar refractivity (Wildman–Crippen MR) is 156 cm³/mol. The maximum Gasteiger partial charge on any atom is 0.220 e. The lowest BCUT2D eigenvalue weighted by Crippen LogP contribution is -2.11. The van der Waals surface area contributed by atoms with Crippen LogP contribution in [0.2, 0.25) is 0 Å². The third-order valence-electron chi connectivity index (χ3n) is 5.49. The highest BCUT2D eigenvalue weighted by molar-refractivity contribution is 5.94. The molecule has 0 amide bonds. The molecule has 0 fully saturated rings. The number of anilines is 1. The molecular formula is C31H39N5O2. The summed E-state index contributed by atoms with van der Waals surface area (Å²) in [7, 11) is 3.48. The number of hydrazone groups is 1. The Morgan fingerprint density at radius 2 is 1.32 bits per heavy atom. The third kappa shape index (κ3) is 10.5. The Bertz CT molecular complexity index is 1240. The summed E-state index contributed by atoms with van der Waals surface area (Å²) >= 11 is 0. The largest absolute Gasteiger partial charge is 0.425 e. The van der Waals surface area contributed by atoms with Crippen LogP contribution in [0.25, 0.3) is 0 Å². The molecular weight excluding hydrogens is 474 g/mol. The molecule has 200 valence electrons. The zero-order valence-corrected chi connectivity index (χ0v) is 23.1. The minimum Gasteiger partial charge on any atom is -0.425 e. The van der Waals surface area contributed by atoms with Crippen molar-refractivity contribution in [3.63, 3.8) is 0 Å². The summed E-state index contributed by atoms with van der Waals surface area (Å²) in [6, 6.07) is 27.7. The van der Waals surface area contributed by atoms with Crippen molar-refractivity contribution in [1.29, 1.82) is 0 Å². The Morgan fingerprint density at radius 3 is 1.82 bits per heavy atom. The van der Waals surface area contributed by atoms with E-state index in [-0.39, 0.29) is 5.78 Å². The van der Waals surface area contributed by atoms with Gasteiger partial charge in [-0.15, -0.1) is 10.2 Å². The SMILES string of the molecule is CC(=O)c1ccc(Cc2nnc(Cc3ccccc3)o2)cc1.CCC/C(C)=N/N(C)c1ccccc1.CN. The van der Waals surface area contributed by atoms with Gasteiger partial charge in [0.2, 0.25) is 11.8 Å². The predicted octanol–water partition coefficient (Wildman–Crippen LogP) is 6.33. The van der Waals surface area contributed by atoms with Crippen LogP contribution >= 0.6 is 0 Å². The minimum absolute atomic E-state index is 0.0643. The number of ketones is 1. The minimum atomic E-state index is 0.0643. The number of hydrogen-bond acceptors (Lipinski definition) is 7. The molecule has 0 radical (unpaired) electrons. The molecule has 1 heterocycles. The number of Topliss-reactive ketones (excluding diaryl/α,β-unsaturated/α-hetero) is 1. The van der Waals surface area contributed by atoms with Gasteiger partial charge in [0.25, 0.3) is 0 Å². The molecule has 3 aromatic carbocycles. The van der Waals surface area contributed by atoms with Gasteiger partial charge in [-0.3, -0.25) is 9.80 Å². The summed E-state index contributed by atoms with van der Waals surface area (Å²) in [4.78, 5) is 11.3. The molecule has 1 aromatic heterocycles. The lowest BCUT2D eigenvalue weighted by Gasteiger charge is -2.13. The van der Waals surface area contributed by atoms with Crippen molar-refractivity contribution in [3.05, 3.63) is 113 Å². The van der Waals surface area contributed by atoms with Crippen LogP contribution in [0.15, 0.2) is 94.4 Å². The average Bonchev–Trinajstić information content (AvgIpc) is 3.38. The quantitative estimate of drug-likeness (QED) is 0.160. The van der Waals surface area contributed by atoms with Gasteiger partial charge in [-0.25, -0.2) is 0 Å². The summed E-state index contributed by atoms with van der Waals surface area (Å²) in [5.41, 5.74) is 9.70. The highest BCUT2D eigenvalue weighted by Gasteiger charge is 2.08. The van der Waals surface area contributed by atoms with E-state index in [1.54, 1.807) is 6.92 Å². The van der Waals surface area contributed by atoms with Crippen molar-refractivity contribution < 1.29 is 9.21 Å². The van der Waals surface area contributed by atoms with Crippen molar-refractivity contribution in [3.8, 4) is 0 Å². The van der Waals surface area contributed by atoms with Crippen LogP contribution in [0, 0.1) is 0 Å². The van der Waals surface area contributed by atoms with Crippen LogP contribution in [-0.2, 0) is 12.8 Å². The third-order valence-corrected chi connectivity index (χ3v) is 5.49. The second-order valence-electron chi connectivity index (χ2n) is 8.63. The van der Waals surface area contributed by atoms with E-state index in [0.29, 0.717) is 30.2 Å². The maximum atomic E-state index is 11.3. The van der Waals surface area contributed by atoms with Gasteiger partial charge in [-0.1, -0.05) is 86.1 Å². The molecule has 7 nitrogen and oxygen atoms in total. The van der Waals surface area contributed by atoms with Crippen molar-refractivity contribution in [2.45, 2.75) is 46.5 Å². The van der Waals surface area contributed by atoms with E-state index in [4.69, 9.17) is 4.42 Å². The molecule has 0 aliphatic carbocycles. The first kappa shape index (κ1) is 30.1. The molecule has 0 aliphatic rings. The summed E-state index contributed by atoms with van der Waals surface area (Å²) in [5.74, 6) is 1.26. The van der Waals surface area contributed by atoms with Crippen molar-refractivity contribution in [1.82, 2.24) is 10.2 Å². The molecule has 0 saturated heterocycles. The van der Waals surface area contributed by atoms with Gasteiger partial charge < -0.3 is 10.2 Å². The molecule has 0 unspecified atom stereocenters. The Kier molecular flexibility index (Phi) is 13.2. The number of rotatable bonds is 9. The summed E-state index contributed by atoms with van der Waals surface area (Å²) in [6.07, 6.45) is 3.42. The first-order chi connectivity index (χ1) is 18.4. The van der Waals surface area contributed by atoms with Crippen LogP contribution < -0.4 is 10.7 Å². The Balaban J connectivity index is 0.000000274. The smallest absolute Gasteiger partial charge is 0.220 e. The molecule has 0 bridgehead atoms. The van der Waals surface area contributed by atoms with Gasteiger partial charge in [0.1, 0.15) is 0 Å². The molecule has 4 aromatic rings. The molecule has 0 saturated carbocycles. The van der Waals surface area contributed by atoms with E-state index in [2.05, 4.69) is 47.0 Å². The Hall–Kier alpha value is -4.10. The van der Waals surface area contributed by atoms with Crippen LogP contribution in [-0.4, -0.2) is 35.8 Å². The normalized spacial score (nSPS) is 10.5. The number of benzene rings is 3. The zero-order chi connectivity index (χ0) is 27.8. The molecule has 4 rings (SSSR count). The van der Waals surface area contributed by atoms with Gasteiger partial charge in [0, 0.05) is 18.3 Å². The monoisotopic (exact) mass is 513 g/mol. The highest BCUT2D eigenvalue weighted by Crippen LogP contribution is 2.13. The van der Waals surface area contributed by atoms with Crippen LogP contribution in [0.4, 0.5) is 5.69 Å². The van der Waals surface area contributed by atoms with E-state index in [1.807, 2.05) is 84.9 Å². The van der Waals surface area contributed by atoms with Crippen molar-refractivity contribution in [2.24, 2.45) is 10.8 Å². The van der Waals surface area contributed by atoms with Crippen LogP contribution in [0.3, 0.4) is 0 Å².